The summed E-state index contributed by atoms with van der Waals surface area (Å²) < 4.78 is 28.9. The molecule has 9 heteroatoms. The van der Waals surface area contributed by atoms with Crippen LogP contribution in [0.25, 0.3) is 0 Å². The summed E-state index contributed by atoms with van der Waals surface area (Å²) in [5, 5.41) is 3.67. The molecule has 3 aromatic rings. The van der Waals surface area contributed by atoms with E-state index in [4.69, 9.17) is 11.6 Å². The maximum atomic E-state index is 14.0. The van der Waals surface area contributed by atoms with Crippen LogP contribution < -0.4 is 9.62 Å². The van der Waals surface area contributed by atoms with E-state index < -0.39 is 28.5 Å². The average Bonchev–Trinajstić information content (AvgIpc) is 2.96. The number of hydrogen-bond acceptors (Lipinski definition) is 4. The van der Waals surface area contributed by atoms with Gasteiger partial charge in [0.05, 0.1) is 10.6 Å². The number of carbonyl (C=O) groups is 2. The highest BCUT2D eigenvalue weighted by atomic mass is 35.5. The van der Waals surface area contributed by atoms with Crippen LogP contribution in [0.1, 0.15) is 50.2 Å². The van der Waals surface area contributed by atoms with Gasteiger partial charge in [-0.15, -0.1) is 0 Å². The number of para-hydroxylation sites is 1. The molecule has 0 aromatic heterocycles. The summed E-state index contributed by atoms with van der Waals surface area (Å²) >= 11 is 6.07. The molecule has 1 fully saturated rings. The predicted molar refractivity (Wildman–Crippen MR) is 159 cm³/mol. The van der Waals surface area contributed by atoms with Crippen LogP contribution in [-0.4, -0.2) is 43.8 Å². The van der Waals surface area contributed by atoms with Crippen LogP contribution in [0.2, 0.25) is 5.02 Å². The van der Waals surface area contributed by atoms with E-state index in [-0.39, 0.29) is 23.4 Å². The van der Waals surface area contributed by atoms with E-state index in [1.54, 1.807) is 74.5 Å². The number of hydrogen-bond donors (Lipinski definition) is 1. The van der Waals surface area contributed by atoms with E-state index in [2.05, 4.69) is 5.32 Å². The lowest BCUT2D eigenvalue weighted by Crippen LogP contribution is -2.53. The minimum Gasteiger partial charge on any atom is -0.352 e. The van der Waals surface area contributed by atoms with Gasteiger partial charge < -0.3 is 10.2 Å². The Labute approximate surface area is 242 Å². The summed E-state index contributed by atoms with van der Waals surface area (Å²) in [6, 6.07) is 21.4. The Morgan fingerprint density at radius 1 is 0.925 bits per heavy atom. The molecule has 3 aromatic carbocycles. The second-order valence-corrected chi connectivity index (χ2v) is 12.6. The number of anilines is 1. The zero-order valence-corrected chi connectivity index (χ0v) is 24.5. The molecule has 0 bridgehead atoms. The molecule has 0 aliphatic heterocycles. The Kier molecular flexibility index (Phi) is 9.87. The van der Waals surface area contributed by atoms with Crippen molar-refractivity contribution in [3.63, 3.8) is 0 Å². The first-order valence-electron chi connectivity index (χ1n) is 13.6. The van der Waals surface area contributed by atoms with Gasteiger partial charge in [0.15, 0.2) is 0 Å². The highest BCUT2D eigenvalue weighted by Gasteiger charge is 2.33. The topological polar surface area (TPSA) is 86.8 Å². The van der Waals surface area contributed by atoms with Gasteiger partial charge in [-0.1, -0.05) is 79.4 Å². The second-order valence-electron chi connectivity index (χ2n) is 10.3. The van der Waals surface area contributed by atoms with Crippen molar-refractivity contribution < 1.29 is 18.0 Å². The van der Waals surface area contributed by atoms with E-state index in [0.717, 1.165) is 42.0 Å². The standard InChI is InChI=1S/C31H36ClN3O4S/c1-23-11-9-10-16-29(23)35(40(38,39)28-14-7-4-8-15-28)22-30(36)34(21-25-17-19-26(32)20-18-25)24(2)31(37)33-27-12-5-3-6-13-27/h4,7-11,14-20,24,27H,3,5-6,12-13,21-22H2,1-2H3,(H,33,37)/t24-/m0/s1. The fourth-order valence-electron chi connectivity index (χ4n) is 5.01. The summed E-state index contributed by atoms with van der Waals surface area (Å²) in [4.78, 5) is 28.9. The van der Waals surface area contributed by atoms with Gasteiger partial charge in [-0.25, -0.2) is 8.42 Å². The number of sulfonamides is 1. The van der Waals surface area contributed by atoms with Gasteiger partial charge in [-0.05, 0) is 68.1 Å². The maximum Gasteiger partial charge on any atom is 0.264 e. The zero-order chi connectivity index (χ0) is 28.7. The Bertz CT molecular complexity index is 1410. The molecule has 1 saturated carbocycles. The van der Waals surface area contributed by atoms with Gasteiger partial charge in [0.1, 0.15) is 12.6 Å². The molecule has 0 saturated heterocycles. The molecule has 1 N–H and O–H groups in total. The number of halogens is 1. The van der Waals surface area contributed by atoms with E-state index in [0.29, 0.717) is 16.3 Å². The first-order chi connectivity index (χ1) is 19.2. The largest absolute Gasteiger partial charge is 0.352 e. The molecular weight excluding hydrogens is 546 g/mol. The third kappa shape index (κ3) is 7.23. The molecular formula is C31H36ClN3O4S. The quantitative estimate of drug-likeness (QED) is 0.332. The van der Waals surface area contributed by atoms with Crippen molar-refractivity contribution in [2.45, 2.75) is 69.5 Å². The van der Waals surface area contributed by atoms with Crippen LogP contribution in [0.15, 0.2) is 83.8 Å². The first kappa shape index (κ1) is 29.6. The van der Waals surface area contributed by atoms with Gasteiger partial charge >= 0.3 is 0 Å². The van der Waals surface area contributed by atoms with Gasteiger partial charge in [0, 0.05) is 17.6 Å². The highest BCUT2D eigenvalue weighted by molar-refractivity contribution is 7.92. The monoisotopic (exact) mass is 581 g/mol. The van der Waals surface area contributed by atoms with Crippen molar-refractivity contribution in [3.05, 3.63) is 95.0 Å². The van der Waals surface area contributed by atoms with E-state index in [1.807, 2.05) is 6.07 Å². The normalized spacial score (nSPS) is 14.8. The highest BCUT2D eigenvalue weighted by Crippen LogP contribution is 2.27. The lowest BCUT2D eigenvalue weighted by Gasteiger charge is -2.33. The zero-order valence-electron chi connectivity index (χ0n) is 22.9. The minimum atomic E-state index is -4.08. The number of nitrogens with one attached hydrogen (secondary N) is 1. The summed E-state index contributed by atoms with van der Waals surface area (Å²) in [6.45, 7) is 3.16. The number of nitrogens with zero attached hydrogens (tertiary/aromatic N) is 2. The van der Waals surface area contributed by atoms with E-state index >= 15 is 0 Å². The Morgan fingerprint density at radius 2 is 1.55 bits per heavy atom. The molecule has 1 aliphatic rings. The Hall–Kier alpha value is -3.36. The lowest BCUT2D eigenvalue weighted by molar-refractivity contribution is -0.139. The molecule has 0 spiro atoms. The van der Waals surface area contributed by atoms with Crippen molar-refractivity contribution >= 4 is 39.1 Å². The van der Waals surface area contributed by atoms with Crippen molar-refractivity contribution in [3.8, 4) is 0 Å². The fraction of sp³-hybridized carbons (Fsp3) is 0.355. The van der Waals surface area contributed by atoms with Crippen LogP contribution in [0, 0.1) is 6.92 Å². The third-order valence-electron chi connectivity index (χ3n) is 7.38. The van der Waals surface area contributed by atoms with Crippen LogP contribution in [0.5, 0.6) is 0 Å². The van der Waals surface area contributed by atoms with E-state index in [1.165, 1.54) is 17.0 Å². The number of carbonyl (C=O) groups excluding carboxylic acids is 2. The molecule has 0 radical (unpaired) electrons. The lowest BCUT2D eigenvalue weighted by atomic mass is 9.95. The molecule has 0 unspecified atom stereocenters. The summed E-state index contributed by atoms with van der Waals surface area (Å²) in [7, 11) is -4.08. The maximum absolute atomic E-state index is 14.0. The summed E-state index contributed by atoms with van der Waals surface area (Å²) in [5.41, 5.74) is 1.90. The van der Waals surface area contributed by atoms with Crippen LogP contribution in [-0.2, 0) is 26.2 Å². The van der Waals surface area contributed by atoms with Crippen LogP contribution in [0.4, 0.5) is 5.69 Å². The van der Waals surface area contributed by atoms with Crippen molar-refractivity contribution in [1.82, 2.24) is 10.2 Å². The van der Waals surface area contributed by atoms with Gasteiger partial charge in [-0.2, -0.15) is 0 Å². The average molecular weight is 582 g/mol. The summed E-state index contributed by atoms with van der Waals surface area (Å²) in [6.07, 6.45) is 5.12. The first-order valence-corrected chi connectivity index (χ1v) is 15.5. The molecule has 1 atom stereocenters. The van der Waals surface area contributed by atoms with Crippen molar-refractivity contribution in [2.75, 3.05) is 10.8 Å². The smallest absolute Gasteiger partial charge is 0.264 e. The Morgan fingerprint density at radius 3 is 2.20 bits per heavy atom. The minimum absolute atomic E-state index is 0.0816. The molecule has 4 rings (SSSR count). The summed E-state index contributed by atoms with van der Waals surface area (Å²) in [5.74, 6) is -0.730. The SMILES string of the molecule is Cc1ccccc1N(CC(=O)N(Cc1ccc(Cl)cc1)[C@@H](C)C(=O)NC1CCCCC1)S(=O)(=O)c1ccccc1. The Balaban J connectivity index is 1.67. The number of rotatable bonds is 10. The number of benzene rings is 3. The van der Waals surface area contributed by atoms with E-state index in [9.17, 15) is 18.0 Å². The predicted octanol–water partition coefficient (Wildman–Crippen LogP) is 5.71. The number of amides is 2. The van der Waals surface area contributed by atoms with Gasteiger partial charge in [0.2, 0.25) is 11.8 Å². The fourth-order valence-corrected chi connectivity index (χ4v) is 6.64. The number of aryl methyl sites for hydroxylation is 1. The molecule has 40 heavy (non-hydrogen) atoms. The van der Waals surface area contributed by atoms with Gasteiger partial charge in [0.25, 0.3) is 10.0 Å². The third-order valence-corrected chi connectivity index (χ3v) is 9.41. The van der Waals surface area contributed by atoms with Crippen molar-refractivity contribution in [2.24, 2.45) is 0 Å². The van der Waals surface area contributed by atoms with Crippen molar-refractivity contribution in [1.29, 1.82) is 0 Å². The van der Waals surface area contributed by atoms with Crippen LogP contribution in [0.3, 0.4) is 0 Å². The van der Waals surface area contributed by atoms with Gasteiger partial charge in [-0.3, -0.25) is 13.9 Å². The molecule has 1 aliphatic carbocycles. The molecule has 7 nitrogen and oxygen atoms in total. The second kappa shape index (κ2) is 13.3. The molecule has 0 heterocycles. The molecule has 212 valence electrons. The van der Waals surface area contributed by atoms with Crippen LogP contribution >= 0.6 is 11.6 Å². The molecule has 2 amide bonds.